The molecule has 146 valence electrons. The molecule has 3 aromatic carbocycles. The van der Waals surface area contributed by atoms with E-state index < -0.39 is 11.9 Å². The Morgan fingerprint density at radius 3 is 2.24 bits per heavy atom. The van der Waals surface area contributed by atoms with Gasteiger partial charge in [0.1, 0.15) is 0 Å². The molecule has 4 nitrogen and oxygen atoms in total. The van der Waals surface area contributed by atoms with Crippen molar-refractivity contribution in [1.82, 2.24) is 0 Å². The Kier molecular flexibility index (Phi) is 4.71. The highest BCUT2D eigenvalue weighted by Crippen LogP contribution is 2.47. The van der Waals surface area contributed by atoms with E-state index in [2.05, 4.69) is 31.2 Å². The van der Waals surface area contributed by atoms with E-state index in [1.807, 2.05) is 24.3 Å². The second-order valence-corrected chi connectivity index (χ2v) is 7.71. The van der Waals surface area contributed by atoms with E-state index in [0.29, 0.717) is 11.1 Å². The van der Waals surface area contributed by atoms with Gasteiger partial charge in [-0.25, -0.2) is 9.59 Å². The lowest BCUT2D eigenvalue weighted by atomic mass is 9.81. The summed E-state index contributed by atoms with van der Waals surface area (Å²) in [4.78, 5) is 23.6. The first-order chi connectivity index (χ1) is 13.9. The van der Waals surface area contributed by atoms with Crippen molar-refractivity contribution in [2.45, 2.75) is 26.2 Å². The van der Waals surface area contributed by atoms with Gasteiger partial charge in [0.15, 0.2) is 0 Å². The molecule has 1 aliphatic rings. The highest BCUT2D eigenvalue weighted by molar-refractivity contribution is 5.98. The zero-order valence-corrected chi connectivity index (χ0v) is 16.3. The third-order valence-electron chi connectivity index (χ3n) is 6.00. The molecule has 0 fully saturated rings. The normalized spacial score (nSPS) is 17.7. The second-order valence-electron chi connectivity index (χ2n) is 7.71. The van der Waals surface area contributed by atoms with Crippen molar-refractivity contribution in [2.24, 2.45) is 5.92 Å². The number of carboxylic acid groups (broad SMARTS) is 2. The molecule has 4 rings (SSSR count). The van der Waals surface area contributed by atoms with E-state index >= 15 is 0 Å². The molecule has 0 heterocycles. The van der Waals surface area contributed by atoms with Gasteiger partial charge >= 0.3 is 11.9 Å². The van der Waals surface area contributed by atoms with Crippen LogP contribution in [0.25, 0.3) is 11.1 Å². The predicted octanol–water partition coefficient (Wildman–Crippen LogP) is 5.38. The fraction of sp³-hybridized carbons (Fsp3) is 0.200. The molecule has 2 N–H and O–H groups in total. The van der Waals surface area contributed by atoms with Gasteiger partial charge in [-0.05, 0) is 58.7 Å². The summed E-state index contributed by atoms with van der Waals surface area (Å²) in [6.45, 7) is 3.71. The summed E-state index contributed by atoms with van der Waals surface area (Å²) in [5.74, 6) is -2.06. The molecule has 2 atom stereocenters. The summed E-state index contributed by atoms with van der Waals surface area (Å²) in [5.41, 5.74) is 5.84. The van der Waals surface area contributed by atoms with Gasteiger partial charge in [-0.3, -0.25) is 0 Å². The van der Waals surface area contributed by atoms with Gasteiger partial charge in [0.2, 0.25) is 0 Å². The van der Waals surface area contributed by atoms with Crippen molar-refractivity contribution in [2.75, 3.05) is 0 Å². The first kappa shape index (κ1) is 18.9. The van der Waals surface area contributed by atoms with Crippen LogP contribution in [-0.2, 0) is 6.42 Å². The largest absolute Gasteiger partial charge is 0.478 e. The lowest BCUT2D eigenvalue weighted by molar-refractivity contribution is 0.0694. The lowest BCUT2D eigenvalue weighted by Gasteiger charge is -2.21. The third kappa shape index (κ3) is 3.11. The minimum Gasteiger partial charge on any atom is -0.478 e. The van der Waals surface area contributed by atoms with Gasteiger partial charge in [-0.15, -0.1) is 0 Å². The van der Waals surface area contributed by atoms with Gasteiger partial charge in [-0.1, -0.05) is 61.5 Å². The van der Waals surface area contributed by atoms with Crippen LogP contribution in [-0.4, -0.2) is 22.2 Å². The molecule has 0 radical (unpaired) electrons. The van der Waals surface area contributed by atoms with Gasteiger partial charge < -0.3 is 10.2 Å². The monoisotopic (exact) mass is 386 g/mol. The highest BCUT2D eigenvalue weighted by atomic mass is 16.4. The Balaban J connectivity index is 1.91. The first-order valence-electron chi connectivity index (χ1n) is 9.67. The molecule has 0 bridgehead atoms. The van der Waals surface area contributed by atoms with E-state index in [1.165, 1.54) is 17.2 Å². The van der Waals surface area contributed by atoms with E-state index in [4.69, 9.17) is 0 Å². The van der Waals surface area contributed by atoms with Crippen molar-refractivity contribution in [3.63, 3.8) is 0 Å². The zero-order valence-electron chi connectivity index (χ0n) is 16.3. The van der Waals surface area contributed by atoms with Crippen LogP contribution in [0, 0.1) is 12.8 Å². The maximum atomic E-state index is 12.1. The van der Waals surface area contributed by atoms with Gasteiger partial charge in [0.25, 0.3) is 0 Å². The Hall–Kier alpha value is -3.40. The zero-order chi connectivity index (χ0) is 20.7. The third-order valence-corrected chi connectivity index (χ3v) is 6.00. The van der Waals surface area contributed by atoms with Crippen molar-refractivity contribution in [1.29, 1.82) is 0 Å². The van der Waals surface area contributed by atoms with Crippen molar-refractivity contribution < 1.29 is 19.8 Å². The molecule has 0 spiro atoms. The first-order valence-corrected chi connectivity index (χ1v) is 9.67. The smallest absolute Gasteiger partial charge is 0.336 e. The maximum absolute atomic E-state index is 12.1. The number of aromatic carboxylic acids is 2. The molecule has 0 saturated heterocycles. The quantitative estimate of drug-likeness (QED) is 0.631. The van der Waals surface area contributed by atoms with Crippen LogP contribution in [0.3, 0.4) is 0 Å². The Morgan fingerprint density at radius 2 is 1.59 bits per heavy atom. The molecule has 0 aromatic heterocycles. The van der Waals surface area contributed by atoms with Crippen LogP contribution in [0.4, 0.5) is 0 Å². The standard InChI is InChI=1S/C25H22O4/c1-14-13-21-18(16-7-4-3-5-8-16)9-6-10-19(21)22(14)20-12-11-17(24(26)27)15(2)23(20)25(28)29/h3-12,14,22H,13H2,1-2H3,(H,26,27)(H,28,29). The summed E-state index contributed by atoms with van der Waals surface area (Å²) < 4.78 is 0. The number of carboxylic acids is 2. The molecule has 29 heavy (non-hydrogen) atoms. The summed E-state index contributed by atoms with van der Waals surface area (Å²) in [7, 11) is 0. The number of fused-ring (bicyclic) bond motifs is 1. The van der Waals surface area contributed by atoms with Crippen LogP contribution >= 0.6 is 0 Å². The molecule has 3 aromatic rings. The van der Waals surface area contributed by atoms with Gasteiger partial charge in [-0.2, -0.15) is 0 Å². The van der Waals surface area contributed by atoms with Crippen LogP contribution in [0.1, 0.15) is 55.8 Å². The van der Waals surface area contributed by atoms with E-state index in [0.717, 1.165) is 17.5 Å². The Bertz CT molecular complexity index is 1120. The molecule has 0 saturated carbocycles. The van der Waals surface area contributed by atoms with Crippen LogP contribution in [0.5, 0.6) is 0 Å². The summed E-state index contributed by atoms with van der Waals surface area (Å²) in [6, 6.07) is 19.6. The van der Waals surface area contributed by atoms with Crippen LogP contribution < -0.4 is 0 Å². The minimum atomic E-state index is -1.11. The molecule has 1 aliphatic carbocycles. The van der Waals surface area contributed by atoms with E-state index in [1.54, 1.807) is 13.0 Å². The molecule has 0 aliphatic heterocycles. The molecule has 0 amide bonds. The highest BCUT2D eigenvalue weighted by Gasteiger charge is 2.35. The van der Waals surface area contributed by atoms with Gasteiger partial charge in [0, 0.05) is 5.92 Å². The SMILES string of the molecule is Cc1c(C(=O)O)ccc(C2c3cccc(-c4ccccc4)c3CC2C)c1C(=O)O. The Morgan fingerprint density at radius 1 is 0.862 bits per heavy atom. The van der Waals surface area contributed by atoms with Crippen LogP contribution in [0.15, 0.2) is 60.7 Å². The van der Waals surface area contributed by atoms with Crippen molar-refractivity contribution in [3.8, 4) is 11.1 Å². The van der Waals surface area contributed by atoms with Crippen molar-refractivity contribution in [3.05, 3.63) is 94.0 Å². The molecule has 4 heteroatoms. The van der Waals surface area contributed by atoms with Crippen LogP contribution in [0.2, 0.25) is 0 Å². The summed E-state index contributed by atoms with van der Waals surface area (Å²) in [6.07, 6.45) is 0.851. The minimum absolute atomic E-state index is 0.0371. The summed E-state index contributed by atoms with van der Waals surface area (Å²) >= 11 is 0. The number of hydrogen-bond acceptors (Lipinski definition) is 2. The second kappa shape index (κ2) is 7.21. The van der Waals surface area contributed by atoms with Crippen molar-refractivity contribution >= 4 is 11.9 Å². The average molecular weight is 386 g/mol. The fourth-order valence-corrected chi connectivity index (χ4v) is 4.74. The number of benzene rings is 3. The maximum Gasteiger partial charge on any atom is 0.336 e. The lowest BCUT2D eigenvalue weighted by Crippen LogP contribution is -2.15. The van der Waals surface area contributed by atoms with E-state index in [-0.39, 0.29) is 23.0 Å². The number of carbonyl (C=O) groups is 2. The molecular formula is C25H22O4. The summed E-state index contributed by atoms with van der Waals surface area (Å²) in [5, 5.41) is 19.3. The van der Waals surface area contributed by atoms with E-state index in [9.17, 15) is 19.8 Å². The average Bonchev–Trinajstić information content (AvgIpc) is 3.03. The molecular weight excluding hydrogens is 364 g/mol. The number of rotatable bonds is 4. The number of hydrogen-bond donors (Lipinski definition) is 2. The topological polar surface area (TPSA) is 74.6 Å². The van der Waals surface area contributed by atoms with Gasteiger partial charge in [0.05, 0.1) is 11.1 Å². The molecule has 2 unspecified atom stereocenters. The predicted molar refractivity (Wildman–Crippen MR) is 112 cm³/mol. The fourth-order valence-electron chi connectivity index (χ4n) is 4.74. The Labute approximate surface area is 169 Å².